The Hall–Kier alpha value is -3.71. The van der Waals surface area contributed by atoms with Gasteiger partial charge in [0.25, 0.3) is 0 Å². The van der Waals surface area contributed by atoms with Gasteiger partial charge in [-0.3, -0.25) is 9.48 Å². The van der Waals surface area contributed by atoms with Crippen molar-refractivity contribution < 1.29 is 23.1 Å². The summed E-state index contributed by atoms with van der Waals surface area (Å²) in [5.41, 5.74) is 4.21. The molecule has 0 bridgehead atoms. The molecule has 11 heteroatoms. The highest BCUT2D eigenvalue weighted by Crippen LogP contribution is 2.34. The van der Waals surface area contributed by atoms with E-state index >= 15 is 0 Å². The monoisotopic (exact) mass is 603 g/mol. The third kappa shape index (κ3) is 8.41. The van der Waals surface area contributed by atoms with Gasteiger partial charge in [0, 0.05) is 57.6 Å². The lowest BCUT2D eigenvalue weighted by atomic mass is 9.89. The van der Waals surface area contributed by atoms with Crippen LogP contribution in [-0.2, 0) is 43.9 Å². The Bertz CT molecular complexity index is 1420. The van der Waals surface area contributed by atoms with Crippen LogP contribution >= 0.6 is 12.4 Å². The number of aryl methyl sites for hydroxylation is 3. The standard InChI is InChI=1S/C31H36F3N5O2.ClH/c1-3-38(12-7-6-10-30(40)41)28-18-25-9-5-4-8-24(25)17-26(28)21-39(29-11-13-37(2)36-29)20-23-14-22(19-35)15-27(16-23)31(32,33)34;/h11,13-18H,3-10,12,20-21H2,1-2H3,(H,40,41);1H. The van der Waals surface area contributed by atoms with Gasteiger partial charge in [0.2, 0.25) is 0 Å². The van der Waals surface area contributed by atoms with Gasteiger partial charge in [0.1, 0.15) is 0 Å². The minimum atomic E-state index is -4.56. The Morgan fingerprint density at radius 1 is 1.07 bits per heavy atom. The van der Waals surface area contributed by atoms with Gasteiger partial charge < -0.3 is 14.9 Å². The Kier molecular flexibility index (Phi) is 11.3. The van der Waals surface area contributed by atoms with Crippen molar-refractivity contribution in [1.82, 2.24) is 9.78 Å². The van der Waals surface area contributed by atoms with Crippen molar-refractivity contribution in [3.05, 3.63) is 76.0 Å². The Labute approximate surface area is 251 Å². The SMILES string of the molecule is CCN(CCCCC(=O)O)c1cc2c(cc1CN(Cc1cc(C#N)cc(C(F)(F)F)c1)c1ccn(C)n1)CCCC2.Cl. The van der Waals surface area contributed by atoms with Gasteiger partial charge in [-0.05, 0) is 92.0 Å². The van der Waals surface area contributed by atoms with Crippen molar-refractivity contribution in [3.63, 3.8) is 0 Å². The average molecular weight is 604 g/mol. The molecule has 0 unspecified atom stereocenters. The molecule has 0 radical (unpaired) electrons. The largest absolute Gasteiger partial charge is 0.481 e. The molecule has 1 aliphatic carbocycles. The van der Waals surface area contributed by atoms with Crippen LogP contribution in [0.3, 0.4) is 0 Å². The van der Waals surface area contributed by atoms with Crippen molar-refractivity contribution >= 4 is 29.9 Å². The number of rotatable bonds is 12. The number of halogens is 4. The van der Waals surface area contributed by atoms with Gasteiger partial charge in [-0.25, -0.2) is 0 Å². The molecule has 42 heavy (non-hydrogen) atoms. The summed E-state index contributed by atoms with van der Waals surface area (Å²) >= 11 is 0. The van der Waals surface area contributed by atoms with Gasteiger partial charge >= 0.3 is 12.1 Å². The van der Waals surface area contributed by atoms with Crippen LogP contribution in [0.2, 0.25) is 0 Å². The summed E-state index contributed by atoms with van der Waals surface area (Å²) in [7, 11) is 1.79. The molecule has 1 N–H and O–H groups in total. The topological polar surface area (TPSA) is 85.4 Å². The maximum atomic E-state index is 13.6. The van der Waals surface area contributed by atoms with E-state index in [0.717, 1.165) is 62.0 Å². The number of alkyl halides is 3. The lowest BCUT2D eigenvalue weighted by molar-refractivity contribution is -0.138. The minimum Gasteiger partial charge on any atom is -0.481 e. The fourth-order valence-corrected chi connectivity index (χ4v) is 5.50. The molecule has 226 valence electrons. The van der Waals surface area contributed by atoms with Crippen molar-refractivity contribution in [2.24, 2.45) is 7.05 Å². The Morgan fingerprint density at radius 3 is 2.38 bits per heavy atom. The fraction of sp³-hybridized carbons (Fsp3) is 0.452. The number of carbonyl (C=O) groups is 1. The number of aromatic nitrogens is 2. The molecular weight excluding hydrogens is 567 g/mol. The first-order valence-corrected chi connectivity index (χ1v) is 14.0. The van der Waals surface area contributed by atoms with Crippen molar-refractivity contribution in [3.8, 4) is 6.07 Å². The summed E-state index contributed by atoms with van der Waals surface area (Å²) in [4.78, 5) is 15.2. The molecule has 0 aliphatic heterocycles. The van der Waals surface area contributed by atoms with Crippen LogP contribution in [0, 0.1) is 11.3 Å². The second kappa shape index (κ2) is 14.5. The summed E-state index contributed by atoms with van der Waals surface area (Å²) in [6, 6.07) is 11.7. The molecule has 0 atom stereocenters. The number of hydrogen-bond donors (Lipinski definition) is 1. The highest BCUT2D eigenvalue weighted by Gasteiger charge is 2.31. The summed E-state index contributed by atoms with van der Waals surface area (Å²) in [5.74, 6) is -0.181. The number of aliphatic carboxylic acids is 1. The smallest absolute Gasteiger partial charge is 0.416 e. The number of nitriles is 1. The summed E-state index contributed by atoms with van der Waals surface area (Å²) in [6.07, 6.45) is 2.92. The third-order valence-electron chi connectivity index (χ3n) is 7.54. The second-order valence-corrected chi connectivity index (χ2v) is 10.6. The van der Waals surface area contributed by atoms with Crippen molar-refractivity contribution in [2.75, 3.05) is 22.9 Å². The van der Waals surface area contributed by atoms with Crippen LogP contribution in [0.1, 0.15) is 72.4 Å². The molecule has 3 aromatic rings. The molecule has 2 aromatic carbocycles. The van der Waals surface area contributed by atoms with E-state index in [0.29, 0.717) is 30.9 Å². The van der Waals surface area contributed by atoms with E-state index in [2.05, 4.69) is 29.1 Å². The van der Waals surface area contributed by atoms with Gasteiger partial charge in [0.15, 0.2) is 5.82 Å². The molecule has 1 aliphatic rings. The first kappa shape index (κ1) is 32.8. The highest BCUT2D eigenvalue weighted by atomic mass is 35.5. The molecule has 1 heterocycles. The summed E-state index contributed by atoms with van der Waals surface area (Å²) in [6.45, 7) is 4.06. The third-order valence-corrected chi connectivity index (χ3v) is 7.54. The van der Waals surface area contributed by atoms with Crippen molar-refractivity contribution in [2.45, 2.75) is 71.1 Å². The zero-order valence-corrected chi connectivity index (χ0v) is 24.8. The molecule has 0 spiro atoms. The van der Waals surface area contributed by atoms with Crippen LogP contribution in [-0.4, -0.2) is 33.9 Å². The summed E-state index contributed by atoms with van der Waals surface area (Å²) in [5, 5.41) is 23.0. The molecular formula is C31H37ClF3N5O2. The first-order valence-electron chi connectivity index (χ1n) is 14.0. The van der Waals surface area contributed by atoms with E-state index in [1.165, 1.54) is 17.2 Å². The van der Waals surface area contributed by atoms with Crippen LogP contribution in [0.25, 0.3) is 0 Å². The average Bonchev–Trinajstić information content (AvgIpc) is 3.38. The van der Waals surface area contributed by atoms with Gasteiger partial charge in [-0.15, -0.1) is 12.4 Å². The number of carboxylic acid groups (broad SMARTS) is 1. The zero-order valence-electron chi connectivity index (χ0n) is 24.0. The molecule has 0 saturated carbocycles. The Balaban J connectivity index is 0.00000484. The first-order chi connectivity index (χ1) is 19.6. The number of nitrogens with zero attached hydrogens (tertiary/aromatic N) is 5. The number of fused-ring (bicyclic) bond motifs is 1. The summed E-state index contributed by atoms with van der Waals surface area (Å²) < 4.78 is 42.5. The van der Waals surface area contributed by atoms with E-state index in [1.807, 2.05) is 17.0 Å². The van der Waals surface area contributed by atoms with E-state index in [-0.39, 0.29) is 30.9 Å². The van der Waals surface area contributed by atoms with Gasteiger partial charge in [0.05, 0.1) is 17.2 Å². The maximum Gasteiger partial charge on any atom is 0.416 e. The normalized spacial score (nSPS) is 12.7. The number of benzene rings is 2. The Morgan fingerprint density at radius 2 is 1.79 bits per heavy atom. The number of unbranched alkanes of at least 4 members (excludes halogenated alkanes) is 1. The molecule has 0 amide bonds. The van der Waals surface area contributed by atoms with E-state index in [1.54, 1.807) is 17.9 Å². The van der Waals surface area contributed by atoms with Crippen LogP contribution < -0.4 is 9.80 Å². The van der Waals surface area contributed by atoms with Crippen molar-refractivity contribution in [1.29, 1.82) is 5.26 Å². The molecule has 0 saturated heterocycles. The van der Waals surface area contributed by atoms with Crippen LogP contribution in [0.4, 0.5) is 24.7 Å². The molecule has 0 fully saturated rings. The zero-order chi connectivity index (χ0) is 29.6. The minimum absolute atomic E-state index is 0. The number of anilines is 2. The highest BCUT2D eigenvalue weighted by molar-refractivity contribution is 5.85. The van der Waals surface area contributed by atoms with Gasteiger partial charge in [-0.1, -0.05) is 6.07 Å². The predicted octanol–water partition coefficient (Wildman–Crippen LogP) is 6.90. The van der Waals surface area contributed by atoms with Gasteiger partial charge in [-0.2, -0.15) is 23.5 Å². The fourth-order valence-electron chi connectivity index (χ4n) is 5.50. The second-order valence-electron chi connectivity index (χ2n) is 10.6. The number of hydrogen-bond acceptors (Lipinski definition) is 5. The lowest BCUT2D eigenvalue weighted by Crippen LogP contribution is -2.29. The molecule has 7 nitrogen and oxygen atoms in total. The van der Waals surface area contributed by atoms with Crippen LogP contribution in [0.5, 0.6) is 0 Å². The predicted molar refractivity (Wildman–Crippen MR) is 159 cm³/mol. The quantitative estimate of drug-likeness (QED) is 0.227. The number of carboxylic acids is 1. The van der Waals surface area contributed by atoms with Crippen LogP contribution in [0.15, 0.2) is 42.6 Å². The van der Waals surface area contributed by atoms with E-state index in [4.69, 9.17) is 5.11 Å². The lowest BCUT2D eigenvalue weighted by Gasteiger charge is -2.31. The maximum absolute atomic E-state index is 13.6. The molecule has 1 aromatic heterocycles. The van der Waals surface area contributed by atoms with E-state index in [9.17, 15) is 23.2 Å². The molecule has 4 rings (SSSR count). The van der Waals surface area contributed by atoms with E-state index < -0.39 is 17.7 Å².